The highest BCUT2D eigenvalue weighted by molar-refractivity contribution is 7.80. The van der Waals surface area contributed by atoms with Crippen LogP contribution >= 0.6 is 12.6 Å². The van der Waals surface area contributed by atoms with Crippen molar-refractivity contribution in [3.8, 4) is 0 Å². The summed E-state index contributed by atoms with van der Waals surface area (Å²) in [4.78, 5) is 26.3. The molecule has 0 aromatic heterocycles. The van der Waals surface area contributed by atoms with Crippen LogP contribution in [0.1, 0.15) is 0 Å². The number of urea groups is 2. The summed E-state index contributed by atoms with van der Waals surface area (Å²) in [6, 6.07) is -0.670. The number of carbonyl (C=O) groups excluding carboxylic acids is 2. The fourth-order valence-electron chi connectivity index (χ4n) is 1.01. The van der Waals surface area contributed by atoms with Gasteiger partial charge < -0.3 is 0 Å². The topological polar surface area (TPSA) is 43.9 Å². The lowest BCUT2D eigenvalue weighted by Gasteiger charge is -2.40. The monoisotopic (exact) mass is 189 g/mol. The van der Waals surface area contributed by atoms with Crippen LogP contribution in [0.5, 0.6) is 0 Å². The Morgan fingerprint density at radius 3 is 1.75 bits per heavy atom. The molecule has 6 heteroatoms. The zero-order valence-electron chi connectivity index (χ0n) is 7.18. The number of hydrogen-bond donors (Lipinski definition) is 1. The van der Waals surface area contributed by atoms with Gasteiger partial charge in [-0.1, -0.05) is 0 Å². The third-order valence-electron chi connectivity index (χ3n) is 1.87. The van der Waals surface area contributed by atoms with Gasteiger partial charge in [0.1, 0.15) is 0 Å². The average Bonchev–Trinajstić information content (AvgIpc) is 2.08. The second-order valence-electron chi connectivity index (χ2n) is 2.69. The van der Waals surface area contributed by atoms with Gasteiger partial charge in [0.2, 0.25) is 0 Å². The Morgan fingerprint density at radius 1 is 1.08 bits per heavy atom. The van der Waals surface area contributed by atoms with Crippen LogP contribution in [-0.2, 0) is 0 Å². The molecule has 1 rings (SSSR count). The molecule has 0 aromatic rings. The lowest BCUT2D eigenvalue weighted by Crippen LogP contribution is -2.60. The van der Waals surface area contributed by atoms with Crippen LogP contribution in [0.2, 0.25) is 0 Å². The maximum absolute atomic E-state index is 11.2. The van der Waals surface area contributed by atoms with E-state index in [0.717, 1.165) is 4.90 Å². The van der Waals surface area contributed by atoms with Crippen molar-refractivity contribution in [2.45, 2.75) is 5.50 Å². The number of rotatable bonds is 0. The number of amides is 4. The van der Waals surface area contributed by atoms with E-state index in [2.05, 4.69) is 12.6 Å². The van der Waals surface area contributed by atoms with Crippen LogP contribution in [0.15, 0.2) is 0 Å². The third kappa shape index (κ3) is 1.12. The molecule has 1 saturated heterocycles. The molecule has 0 bridgehead atoms. The number of imide groups is 1. The van der Waals surface area contributed by atoms with Gasteiger partial charge in [0, 0.05) is 21.1 Å². The Kier molecular flexibility index (Phi) is 2.18. The Balaban J connectivity index is 2.91. The first kappa shape index (κ1) is 9.18. The Morgan fingerprint density at radius 2 is 1.42 bits per heavy atom. The SMILES string of the molecule is CN1C(=O)N(C)C(S)N(C)C1=O. The van der Waals surface area contributed by atoms with E-state index < -0.39 is 5.50 Å². The van der Waals surface area contributed by atoms with Gasteiger partial charge in [-0.25, -0.2) is 14.5 Å². The molecule has 0 aliphatic carbocycles. The quantitative estimate of drug-likeness (QED) is 0.555. The van der Waals surface area contributed by atoms with Crippen LogP contribution in [-0.4, -0.2) is 53.4 Å². The van der Waals surface area contributed by atoms with Crippen molar-refractivity contribution in [3.63, 3.8) is 0 Å². The first-order chi connectivity index (χ1) is 5.46. The van der Waals surface area contributed by atoms with Crippen LogP contribution in [0.3, 0.4) is 0 Å². The molecule has 0 unspecified atom stereocenters. The number of hydrogen-bond acceptors (Lipinski definition) is 3. The second kappa shape index (κ2) is 2.85. The molecule has 4 amide bonds. The molecule has 1 fully saturated rings. The maximum atomic E-state index is 11.2. The summed E-state index contributed by atoms with van der Waals surface area (Å²) >= 11 is 4.09. The summed E-state index contributed by atoms with van der Waals surface area (Å²) in [5, 5.41) is 0. The molecule has 1 aliphatic heterocycles. The zero-order chi connectivity index (χ0) is 9.46. The minimum atomic E-state index is -0.471. The molecule has 0 atom stereocenters. The van der Waals surface area contributed by atoms with Crippen molar-refractivity contribution in [1.82, 2.24) is 14.7 Å². The molecule has 0 radical (unpaired) electrons. The van der Waals surface area contributed by atoms with E-state index in [1.54, 1.807) is 14.1 Å². The molecule has 68 valence electrons. The van der Waals surface area contributed by atoms with Gasteiger partial charge in [-0.05, 0) is 0 Å². The van der Waals surface area contributed by atoms with Crippen LogP contribution in [0, 0.1) is 0 Å². The number of nitrogens with zero attached hydrogens (tertiary/aromatic N) is 3. The summed E-state index contributed by atoms with van der Waals surface area (Å²) in [6.45, 7) is 0. The van der Waals surface area contributed by atoms with Crippen molar-refractivity contribution in [1.29, 1.82) is 0 Å². The fraction of sp³-hybridized carbons (Fsp3) is 0.667. The summed E-state index contributed by atoms with van der Waals surface area (Å²) in [5.41, 5.74) is -0.471. The Labute approximate surface area is 76.3 Å². The molecule has 0 saturated carbocycles. The summed E-state index contributed by atoms with van der Waals surface area (Å²) < 4.78 is 0. The predicted molar refractivity (Wildman–Crippen MR) is 46.9 cm³/mol. The third-order valence-corrected chi connectivity index (χ3v) is 2.56. The van der Waals surface area contributed by atoms with Gasteiger partial charge in [-0.3, -0.25) is 9.80 Å². The van der Waals surface area contributed by atoms with Gasteiger partial charge in [0.15, 0.2) is 5.50 Å². The fourth-order valence-corrected chi connectivity index (χ4v) is 1.21. The number of carbonyl (C=O) groups is 2. The number of thiol groups is 1. The van der Waals surface area contributed by atoms with E-state index in [1.807, 2.05) is 0 Å². The largest absolute Gasteiger partial charge is 0.329 e. The van der Waals surface area contributed by atoms with E-state index in [1.165, 1.54) is 16.8 Å². The molecule has 1 heterocycles. The normalized spacial score (nSPS) is 20.8. The van der Waals surface area contributed by atoms with Gasteiger partial charge in [-0.2, -0.15) is 0 Å². The van der Waals surface area contributed by atoms with Crippen LogP contribution < -0.4 is 0 Å². The first-order valence-corrected chi connectivity index (χ1v) is 3.94. The minimum absolute atomic E-state index is 0.335. The molecule has 0 aromatic carbocycles. The predicted octanol–water partition coefficient (Wildman–Crippen LogP) is 0.249. The summed E-state index contributed by atoms with van der Waals surface area (Å²) in [5.74, 6) is 0. The molecular weight excluding hydrogens is 178 g/mol. The highest BCUT2D eigenvalue weighted by Gasteiger charge is 2.36. The van der Waals surface area contributed by atoms with Crippen molar-refractivity contribution in [2.75, 3.05) is 21.1 Å². The van der Waals surface area contributed by atoms with E-state index in [4.69, 9.17) is 0 Å². The zero-order valence-corrected chi connectivity index (χ0v) is 8.08. The molecule has 0 N–H and O–H groups in total. The van der Waals surface area contributed by atoms with Gasteiger partial charge in [0.25, 0.3) is 0 Å². The highest BCUT2D eigenvalue weighted by Crippen LogP contribution is 2.16. The maximum Gasteiger partial charge on any atom is 0.329 e. The average molecular weight is 189 g/mol. The van der Waals surface area contributed by atoms with Gasteiger partial charge in [0.05, 0.1) is 0 Å². The van der Waals surface area contributed by atoms with Gasteiger partial charge in [-0.15, -0.1) is 12.6 Å². The van der Waals surface area contributed by atoms with Crippen LogP contribution in [0.4, 0.5) is 9.59 Å². The summed E-state index contributed by atoms with van der Waals surface area (Å²) in [7, 11) is 4.64. The molecule has 12 heavy (non-hydrogen) atoms. The first-order valence-electron chi connectivity index (χ1n) is 3.42. The van der Waals surface area contributed by atoms with E-state index in [0.29, 0.717) is 0 Å². The Hall–Kier alpha value is -0.910. The van der Waals surface area contributed by atoms with E-state index >= 15 is 0 Å². The highest BCUT2D eigenvalue weighted by atomic mass is 32.1. The van der Waals surface area contributed by atoms with Crippen molar-refractivity contribution < 1.29 is 9.59 Å². The summed E-state index contributed by atoms with van der Waals surface area (Å²) in [6.07, 6.45) is 0. The minimum Gasteiger partial charge on any atom is -0.298 e. The lowest BCUT2D eigenvalue weighted by atomic mass is 10.5. The molecule has 1 aliphatic rings. The van der Waals surface area contributed by atoms with Gasteiger partial charge >= 0.3 is 12.1 Å². The standard InChI is InChI=1S/C6H11N3O2S/c1-7-4(10)8(2)6(12)9(3)5(7)11/h6,12H,1-3H3. The smallest absolute Gasteiger partial charge is 0.298 e. The molecular formula is C6H11N3O2S. The van der Waals surface area contributed by atoms with Crippen molar-refractivity contribution in [3.05, 3.63) is 0 Å². The lowest BCUT2D eigenvalue weighted by molar-refractivity contribution is 0.0957. The molecule has 5 nitrogen and oxygen atoms in total. The van der Waals surface area contributed by atoms with E-state index in [-0.39, 0.29) is 12.1 Å². The Bertz CT molecular complexity index is 211. The van der Waals surface area contributed by atoms with E-state index in [9.17, 15) is 9.59 Å². The van der Waals surface area contributed by atoms with Crippen molar-refractivity contribution >= 4 is 24.7 Å². The van der Waals surface area contributed by atoms with Crippen LogP contribution in [0.25, 0.3) is 0 Å². The second-order valence-corrected chi connectivity index (χ2v) is 3.15. The molecule has 0 spiro atoms. The van der Waals surface area contributed by atoms with Crippen molar-refractivity contribution in [2.24, 2.45) is 0 Å².